The van der Waals surface area contributed by atoms with E-state index < -0.39 is 111 Å². The van der Waals surface area contributed by atoms with Crippen molar-refractivity contribution in [3.8, 4) is 43.9 Å². The van der Waals surface area contributed by atoms with Gasteiger partial charge in [0.15, 0.2) is 11.4 Å². The van der Waals surface area contributed by atoms with Gasteiger partial charge in [-0.05, 0) is 49.2 Å². The number of hydrogen-bond acceptors (Lipinski definition) is 9. The summed E-state index contributed by atoms with van der Waals surface area (Å²) in [6.45, 7) is 0. The van der Waals surface area contributed by atoms with E-state index >= 15 is 0 Å². The third-order valence-electron chi connectivity index (χ3n) is 9.45. The quantitative estimate of drug-likeness (QED) is 0.113. The molecular weight excluding hydrogens is 1010 g/mol. The van der Waals surface area contributed by atoms with Gasteiger partial charge in [0, 0.05) is 42.0 Å². The molecule has 0 saturated heterocycles. The fourth-order valence-electron chi connectivity index (χ4n) is 6.16. The first-order valence-corrected chi connectivity index (χ1v) is 20.1. The van der Waals surface area contributed by atoms with E-state index in [1.807, 2.05) is 0 Å². The Balaban J connectivity index is 0.000000224. The molecule has 1 N–H and O–H groups in total. The van der Waals surface area contributed by atoms with Gasteiger partial charge >= 0.3 is 42.5 Å². The molecule has 10 nitrogen and oxygen atoms in total. The molecule has 1 aliphatic rings. The number of nitrogens with zero attached hydrogens (tertiary/aromatic N) is 6. The van der Waals surface area contributed by atoms with Crippen molar-refractivity contribution < 1.29 is 93.4 Å². The Bertz CT molecular complexity index is 2890. The smallest absolute Gasteiger partial charge is 0.459 e. The Labute approximate surface area is 375 Å². The number of esters is 1. The van der Waals surface area contributed by atoms with Crippen LogP contribution in [-0.4, -0.2) is 66.9 Å². The topological polar surface area (TPSA) is 117 Å². The molecule has 7 rings (SSSR count). The van der Waals surface area contributed by atoms with E-state index in [0.29, 0.717) is 22.7 Å². The van der Waals surface area contributed by atoms with Crippen LogP contribution >= 0.6 is 22.7 Å². The summed E-state index contributed by atoms with van der Waals surface area (Å²) < 4.78 is 247. The van der Waals surface area contributed by atoms with Crippen molar-refractivity contribution >= 4 is 34.6 Å². The molecule has 0 aliphatic heterocycles. The van der Waals surface area contributed by atoms with Crippen LogP contribution in [0.15, 0.2) is 47.2 Å². The number of aryl methyl sites for hydroxylation is 2. The van der Waals surface area contributed by atoms with Crippen molar-refractivity contribution in [1.82, 2.24) is 34.8 Å². The Kier molecular flexibility index (Phi) is 13.3. The van der Waals surface area contributed by atoms with Gasteiger partial charge in [0.2, 0.25) is 0 Å². The van der Waals surface area contributed by atoms with Crippen molar-refractivity contribution in [3.63, 3.8) is 0 Å². The van der Waals surface area contributed by atoms with Crippen LogP contribution in [0.1, 0.15) is 56.1 Å². The molecule has 6 aromatic rings. The van der Waals surface area contributed by atoms with Crippen LogP contribution in [0.4, 0.5) is 79.0 Å². The summed E-state index contributed by atoms with van der Waals surface area (Å²) >= 11 is 1.39. The Morgan fingerprint density at radius 3 is 1.37 bits per heavy atom. The number of aromatic nitrogens is 6. The number of carbonyl (C=O) groups excluding carboxylic acids is 2. The predicted molar refractivity (Wildman–Crippen MR) is 201 cm³/mol. The third kappa shape index (κ3) is 9.86. The number of benzene rings is 2. The molecule has 68 heavy (non-hydrogen) atoms. The van der Waals surface area contributed by atoms with Crippen LogP contribution in [0.3, 0.4) is 0 Å². The van der Waals surface area contributed by atoms with E-state index in [0.717, 1.165) is 75.1 Å². The van der Waals surface area contributed by atoms with Crippen LogP contribution in [0.2, 0.25) is 0 Å². The predicted octanol–water partition coefficient (Wildman–Crippen LogP) is 11.7. The summed E-state index contributed by atoms with van der Waals surface area (Å²) in [5.74, 6) is -15.3. The average molecular weight is 1030 g/mol. The number of thiazole rings is 2. The molecule has 1 fully saturated rings. The number of hydrogen-bond donors (Lipinski definition) is 1. The summed E-state index contributed by atoms with van der Waals surface area (Å²) in [4.78, 5) is 31.7. The number of alkyl halides is 16. The number of nitrogens with one attached hydrogen (secondary N) is 1. The molecule has 0 spiro atoms. The number of ether oxygens (including phenoxy) is 1. The number of rotatable bonds is 9. The third-order valence-corrected chi connectivity index (χ3v) is 11.2. The highest BCUT2D eigenvalue weighted by atomic mass is 32.1. The summed E-state index contributed by atoms with van der Waals surface area (Å²) in [5.41, 5.74) is -13.6. The lowest BCUT2D eigenvalue weighted by molar-refractivity contribution is -0.292. The molecule has 30 heteroatoms. The van der Waals surface area contributed by atoms with Crippen LogP contribution < -0.4 is 5.32 Å². The second kappa shape index (κ2) is 17.7. The fraction of sp³-hybridized carbons (Fsp3) is 0.316. The van der Waals surface area contributed by atoms with Gasteiger partial charge in [-0.15, -0.1) is 22.7 Å². The van der Waals surface area contributed by atoms with Gasteiger partial charge in [0.25, 0.3) is 5.91 Å². The Hall–Kier alpha value is -6.20. The fourth-order valence-corrected chi connectivity index (χ4v) is 7.76. The molecule has 0 bridgehead atoms. The molecule has 1 aliphatic carbocycles. The van der Waals surface area contributed by atoms with Crippen LogP contribution in [0.5, 0.6) is 0 Å². The largest absolute Gasteiger partial charge is 0.465 e. The molecule has 1 amide bonds. The van der Waals surface area contributed by atoms with Crippen molar-refractivity contribution in [2.75, 3.05) is 7.11 Å². The van der Waals surface area contributed by atoms with E-state index in [9.17, 15) is 88.6 Å². The summed E-state index contributed by atoms with van der Waals surface area (Å²) in [6.07, 6.45) is -22.4. The minimum Gasteiger partial charge on any atom is -0.465 e. The lowest BCUT2D eigenvalue weighted by Gasteiger charge is -2.19. The number of carbonyl (C=O) groups is 2. The highest BCUT2D eigenvalue weighted by Crippen LogP contribution is 2.52. The average Bonchev–Trinajstić information content (AvgIpc) is 3.58. The molecule has 366 valence electrons. The maximum Gasteiger partial charge on any atom is 0.459 e. The second-order valence-corrected chi connectivity index (χ2v) is 16.0. The van der Waals surface area contributed by atoms with Crippen LogP contribution in [-0.2, 0) is 43.0 Å². The van der Waals surface area contributed by atoms with E-state index in [4.69, 9.17) is 0 Å². The van der Waals surface area contributed by atoms with Gasteiger partial charge < -0.3 is 10.1 Å². The standard InChI is InChI=1S/C20H13F9N4OS.C18H10F9N3O2S/c1-33-14(13(19(24,25)26)15(32-33)18(22,23)20(27,28)29)12-7-35-17(31-12)8-2-5-11(21)10(6-8)16(34)30-9-3-4-9;1-30-12(11(17(22,23)24)13(29-30)16(20,21)18(25,26)27)10-6-33-14(28-10)7-3-4-9(19)8(5-7)15(31)32-2/h2,5-7,9H,3-4H2,1H3,(H,30,34);3-6H,1-2H3. The molecule has 0 unspecified atom stereocenters. The maximum atomic E-state index is 14.1. The Morgan fingerprint density at radius 2 is 1.01 bits per heavy atom. The summed E-state index contributed by atoms with van der Waals surface area (Å²) in [7, 11) is 2.52. The molecule has 1 saturated carbocycles. The normalized spacial score (nSPS) is 13.9. The van der Waals surface area contributed by atoms with Gasteiger partial charge in [-0.1, -0.05) is 0 Å². The minimum atomic E-state index is -6.33. The van der Waals surface area contributed by atoms with E-state index in [-0.39, 0.29) is 42.1 Å². The van der Waals surface area contributed by atoms with Gasteiger partial charge in [0.05, 0.1) is 29.6 Å². The summed E-state index contributed by atoms with van der Waals surface area (Å²) in [5, 5.41) is 10.1. The van der Waals surface area contributed by atoms with E-state index in [1.165, 1.54) is 6.07 Å². The zero-order valence-electron chi connectivity index (χ0n) is 33.6. The monoisotopic (exact) mass is 1030 g/mol. The zero-order valence-corrected chi connectivity index (χ0v) is 35.3. The van der Waals surface area contributed by atoms with Gasteiger partial charge in [-0.3, -0.25) is 14.2 Å². The number of amides is 1. The maximum absolute atomic E-state index is 14.1. The van der Waals surface area contributed by atoms with Gasteiger partial charge in [-0.25, -0.2) is 23.5 Å². The second-order valence-electron chi connectivity index (χ2n) is 14.2. The van der Waals surface area contributed by atoms with Crippen molar-refractivity contribution in [3.05, 3.63) is 92.4 Å². The lowest BCUT2D eigenvalue weighted by atomic mass is 10.1. The van der Waals surface area contributed by atoms with Crippen molar-refractivity contribution in [2.45, 2.75) is 55.4 Å². The zero-order chi connectivity index (χ0) is 50.9. The van der Waals surface area contributed by atoms with Gasteiger partial charge in [0.1, 0.15) is 44.2 Å². The Morgan fingerprint density at radius 1 is 0.632 bits per heavy atom. The number of halogens is 18. The van der Waals surface area contributed by atoms with Crippen molar-refractivity contribution in [1.29, 1.82) is 0 Å². The summed E-state index contributed by atoms with van der Waals surface area (Å²) in [6, 6.07) is 6.20. The van der Waals surface area contributed by atoms with Crippen molar-refractivity contribution in [2.24, 2.45) is 14.1 Å². The molecule has 4 aromatic heterocycles. The van der Waals surface area contributed by atoms with Crippen LogP contribution in [0, 0.1) is 11.6 Å². The van der Waals surface area contributed by atoms with E-state index in [1.54, 1.807) is 0 Å². The first-order chi connectivity index (χ1) is 31.2. The highest BCUT2D eigenvalue weighted by molar-refractivity contribution is 7.13. The molecular formula is C38H23F18N7O3S2. The minimum absolute atomic E-state index is 0.0288. The van der Waals surface area contributed by atoms with Gasteiger partial charge in [-0.2, -0.15) is 80.4 Å². The van der Waals surface area contributed by atoms with E-state index in [2.05, 4.69) is 30.2 Å². The molecule has 0 atom stereocenters. The SMILES string of the molecule is COC(=O)c1cc(-c2nc(-c3c(C(F)(F)F)c(C(F)(F)C(F)(F)F)nn3C)cs2)ccc1F.Cn1nc(C(F)(F)C(F)(F)F)c(C(F)(F)F)c1-c1csc(-c2ccc(F)c(C(=O)NC3CC3)c2)n1. The lowest BCUT2D eigenvalue weighted by Crippen LogP contribution is -2.36. The number of methoxy groups -OCH3 is 1. The first kappa shape index (κ1) is 51.2. The highest BCUT2D eigenvalue weighted by Gasteiger charge is 2.65. The van der Waals surface area contributed by atoms with Crippen LogP contribution in [0.25, 0.3) is 43.9 Å². The molecule has 0 radical (unpaired) electrons. The molecule has 2 aromatic carbocycles. The molecule has 4 heterocycles. The first-order valence-electron chi connectivity index (χ1n) is 18.3.